The first-order valence-corrected chi connectivity index (χ1v) is 7.12. The standard InChI is InChI=1S/C14H27NO/c1-11-5-6-14(10-12(11)2)16-13-4-3-8-15-9-7-13/h11-15H,3-10H2,1-2H3. The third kappa shape index (κ3) is 3.46. The lowest BCUT2D eigenvalue weighted by Gasteiger charge is -2.34. The molecule has 2 fully saturated rings. The Balaban J connectivity index is 1.75. The Morgan fingerprint density at radius 1 is 0.875 bits per heavy atom. The summed E-state index contributed by atoms with van der Waals surface area (Å²) in [7, 11) is 0. The summed E-state index contributed by atoms with van der Waals surface area (Å²) < 4.78 is 6.29. The molecule has 1 saturated carbocycles. The molecule has 0 amide bonds. The van der Waals surface area contributed by atoms with Crippen molar-refractivity contribution in [3.63, 3.8) is 0 Å². The summed E-state index contributed by atoms with van der Waals surface area (Å²) >= 11 is 0. The smallest absolute Gasteiger partial charge is 0.0591 e. The number of rotatable bonds is 2. The molecule has 4 atom stereocenters. The predicted molar refractivity (Wildman–Crippen MR) is 67.6 cm³/mol. The van der Waals surface area contributed by atoms with Crippen LogP contribution in [0.3, 0.4) is 0 Å². The monoisotopic (exact) mass is 225 g/mol. The summed E-state index contributed by atoms with van der Waals surface area (Å²) in [6.07, 6.45) is 8.75. The lowest BCUT2D eigenvalue weighted by atomic mass is 9.80. The number of hydrogen-bond donors (Lipinski definition) is 1. The second kappa shape index (κ2) is 6.02. The van der Waals surface area contributed by atoms with Gasteiger partial charge in [-0.2, -0.15) is 0 Å². The normalized spacial score (nSPS) is 41.6. The molecule has 2 rings (SSSR count). The molecule has 2 heteroatoms. The molecule has 0 aromatic carbocycles. The molecule has 0 aromatic rings. The molecule has 94 valence electrons. The van der Waals surface area contributed by atoms with Crippen LogP contribution in [0.1, 0.15) is 52.4 Å². The van der Waals surface area contributed by atoms with Gasteiger partial charge < -0.3 is 10.1 Å². The van der Waals surface area contributed by atoms with Gasteiger partial charge >= 0.3 is 0 Å². The van der Waals surface area contributed by atoms with E-state index in [4.69, 9.17) is 4.74 Å². The minimum Gasteiger partial charge on any atom is -0.375 e. The highest BCUT2D eigenvalue weighted by atomic mass is 16.5. The Morgan fingerprint density at radius 2 is 1.75 bits per heavy atom. The van der Waals surface area contributed by atoms with Gasteiger partial charge in [0, 0.05) is 0 Å². The van der Waals surface area contributed by atoms with Gasteiger partial charge in [-0.3, -0.25) is 0 Å². The summed E-state index contributed by atoms with van der Waals surface area (Å²) in [6, 6.07) is 0. The van der Waals surface area contributed by atoms with E-state index in [1.165, 1.54) is 45.1 Å². The minimum atomic E-state index is 0.528. The van der Waals surface area contributed by atoms with Crippen LogP contribution >= 0.6 is 0 Å². The molecule has 0 bridgehead atoms. The number of ether oxygens (including phenoxy) is 1. The number of hydrogen-bond acceptors (Lipinski definition) is 2. The van der Waals surface area contributed by atoms with Crippen molar-refractivity contribution in [2.75, 3.05) is 13.1 Å². The van der Waals surface area contributed by atoms with E-state index >= 15 is 0 Å². The van der Waals surface area contributed by atoms with E-state index in [0.717, 1.165) is 18.4 Å². The van der Waals surface area contributed by atoms with Crippen molar-refractivity contribution in [3.05, 3.63) is 0 Å². The highest BCUT2D eigenvalue weighted by Gasteiger charge is 2.27. The van der Waals surface area contributed by atoms with Crippen LogP contribution < -0.4 is 5.32 Å². The Hall–Kier alpha value is -0.0800. The molecule has 16 heavy (non-hydrogen) atoms. The number of nitrogens with one attached hydrogen (secondary N) is 1. The first-order chi connectivity index (χ1) is 7.75. The van der Waals surface area contributed by atoms with Gasteiger partial charge in [-0.1, -0.05) is 13.8 Å². The molecular weight excluding hydrogens is 198 g/mol. The van der Waals surface area contributed by atoms with Crippen molar-refractivity contribution in [2.45, 2.75) is 64.6 Å². The van der Waals surface area contributed by atoms with Gasteiger partial charge in [0.2, 0.25) is 0 Å². The summed E-state index contributed by atoms with van der Waals surface area (Å²) in [4.78, 5) is 0. The van der Waals surface area contributed by atoms with Gasteiger partial charge in [-0.25, -0.2) is 0 Å². The van der Waals surface area contributed by atoms with Crippen molar-refractivity contribution in [1.82, 2.24) is 5.32 Å². The molecule has 1 aliphatic carbocycles. The fraction of sp³-hybridized carbons (Fsp3) is 1.00. The van der Waals surface area contributed by atoms with Crippen LogP contribution in [-0.4, -0.2) is 25.3 Å². The van der Waals surface area contributed by atoms with Gasteiger partial charge in [0.15, 0.2) is 0 Å². The molecular formula is C14H27NO. The average Bonchev–Trinajstić information content (AvgIpc) is 2.52. The van der Waals surface area contributed by atoms with Gasteiger partial charge in [-0.15, -0.1) is 0 Å². The van der Waals surface area contributed by atoms with Gasteiger partial charge in [0.05, 0.1) is 12.2 Å². The molecule has 1 saturated heterocycles. The van der Waals surface area contributed by atoms with Gasteiger partial charge in [-0.05, 0) is 63.5 Å². The molecule has 2 aliphatic rings. The molecule has 1 aliphatic heterocycles. The van der Waals surface area contributed by atoms with E-state index in [2.05, 4.69) is 19.2 Å². The molecule has 0 aromatic heterocycles. The van der Waals surface area contributed by atoms with E-state index < -0.39 is 0 Å². The maximum Gasteiger partial charge on any atom is 0.0591 e. The van der Waals surface area contributed by atoms with Gasteiger partial charge in [0.1, 0.15) is 0 Å². The lowest BCUT2D eigenvalue weighted by molar-refractivity contribution is -0.0511. The van der Waals surface area contributed by atoms with E-state index in [1.54, 1.807) is 0 Å². The highest BCUT2D eigenvalue weighted by molar-refractivity contribution is 4.77. The second-order valence-electron chi connectivity index (χ2n) is 5.83. The molecule has 1 N–H and O–H groups in total. The van der Waals surface area contributed by atoms with E-state index in [0.29, 0.717) is 12.2 Å². The lowest BCUT2D eigenvalue weighted by Crippen LogP contribution is -2.30. The van der Waals surface area contributed by atoms with Crippen LogP contribution in [-0.2, 0) is 4.74 Å². The zero-order valence-electron chi connectivity index (χ0n) is 10.9. The van der Waals surface area contributed by atoms with Crippen molar-refractivity contribution in [3.8, 4) is 0 Å². The molecule has 0 spiro atoms. The molecule has 0 radical (unpaired) electrons. The van der Waals surface area contributed by atoms with Crippen molar-refractivity contribution in [1.29, 1.82) is 0 Å². The zero-order valence-corrected chi connectivity index (χ0v) is 10.9. The fourth-order valence-electron chi connectivity index (χ4n) is 3.02. The van der Waals surface area contributed by atoms with Crippen LogP contribution in [0.25, 0.3) is 0 Å². The average molecular weight is 225 g/mol. The summed E-state index contributed by atoms with van der Waals surface area (Å²) in [5.41, 5.74) is 0. The summed E-state index contributed by atoms with van der Waals surface area (Å²) in [6.45, 7) is 7.09. The zero-order chi connectivity index (χ0) is 11.4. The first-order valence-electron chi connectivity index (χ1n) is 7.12. The first kappa shape index (κ1) is 12.4. The quantitative estimate of drug-likeness (QED) is 0.780. The molecule has 4 unspecified atom stereocenters. The van der Waals surface area contributed by atoms with Crippen molar-refractivity contribution >= 4 is 0 Å². The predicted octanol–water partition coefficient (Wildman–Crippen LogP) is 2.97. The van der Waals surface area contributed by atoms with Crippen LogP contribution in [0.2, 0.25) is 0 Å². The Labute approximate surface area is 100 Å². The van der Waals surface area contributed by atoms with E-state index in [1.807, 2.05) is 0 Å². The van der Waals surface area contributed by atoms with Gasteiger partial charge in [0.25, 0.3) is 0 Å². The Bertz CT molecular complexity index is 199. The Morgan fingerprint density at radius 3 is 2.56 bits per heavy atom. The Kier molecular flexibility index (Phi) is 4.66. The second-order valence-corrected chi connectivity index (χ2v) is 5.83. The fourth-order valence-corrected chi connectivity index (χ4v) is 3.02. The minimum absolute atomic E-state index is 0.528. The summed E-state index contributed by atoms with van der Waals surface area (Å²) in [5, 5.41) is 3.45. The third-order valence-corrected chi connectivity index (χ3v) is 4.46. The highest BCUT2D eigenvalue weighted by Crippen LogP contribution is 2.32. The van der Waals surface area contributed by atoms with Crippen LogP contribution in [0.5, 0.6) is 0 Å². The summed E-state index contributed by atoms with van der Waals surface area (Å²) in [5.74, 6) is 1.75. The maximum absolute atomic E-state index is 6.29. The largest absolute Gasteiger partial charge is 0.375 e. The van der Waals surface area contributed by atoms with Crippen molar-refractivity contribution < 1.29 is 4.74 Å². The molecule has 2 nitrogen and oxygen atoms in total. The van der Waals surface area contributed by atoms with E-state index in [-0.39, 0.29) is 0 Å². The van der Waals surface area contributed by atoms with Crippen molar-refractivity contribution in [2.24, 2.45) is 11.8 Å². The topological polar surface area (TPSA) is 21.3 Å². The third-order valence-electron chi connectivity index (χ3n) is 4.46. The van der Waals surface area contributed by atoms with Crippen LogP contribution in [0.4, 0.5) is 0 Å². The molecule has 1 heterocycles. The van der Waals surface area contributed by atoms with E-state index in [9.17, 15) is 0 Å². The SMILES string of the molecule is CC1CCC(OC2CCCNCC2)CC1C. The maximum atomic E-state index is 6.29. The van der Waals surface area contributed by atoms with Crippen LogP contribution in [0.15, 0.2) is 0 Å². The van der Waals surface area contributed by atoms with Crippen LogP contribution in [0, 0.1) is 11.8 Å².